The molecule has 1 aromatic carbocycles. The molecule has 0 radical (unpaired) electrons. The summed E-state index contributed by atoms with van der Waals surface area (Å²) in [6.45, 7) is 1.05. The maximum atomic E-state index is 3.62. The number of fused-ring (bicyclic) bond motifs is 1. The number of hydrogen-bond acceptors (Lipinski definition) is 3. The van der Waals surface area contributed by atoms with Gasteiger partial charge in [0.2, 0.25) is 0 Å². The molecule has 2 nitrogen and oxygen atoms in total. The fourth-order valence-electron chi connectivity index (χ4n) is 2.56. The van der Waals surface area contributed by atoms with E-state index in [0.29, 0.717) is 6.04 Å². The lowest BCUT2D eigenvalue weighted by atomic mass is 10.0. The number of rotatable bonds is 5. The van der Waals surface area contributed by atoms with Crippen LogP contribution in [0, 0.1) is 0 Å². The first-order chi connectivity index (χ1) is 8.86. The molecule has 2 N–H and O–H groups in total. The molecule has 1 fully saturated rings. The Kier molecular flexibility index (Phi) is 3.92. The minimum atomic E-state index is 0.447. The van der Waals surface area contributed by atoms with Crippen LogP contribution in [0.5, 0.6) is 0 Å². The van der Waals surface area contributed by atoms with Crippen molar-refractivity contribution in [3.05, 3.63) is 29.3 Å². The zero-order valence-electron chi connectivity index (χ0n) is 11.0. The molecule has 1 aliphatic heterocycles. The molecule has 0 amide bonds. The Balaban J connectivity index is 1.71. The summed E-state index contributed by atoms with van der Waals surface area (Å²) in [5.41, 5.74) is 2.99. The number of thioether (sulfide) groups is 1. The Labute approximate surface area is 114 Å². The van der Waals surface area contributed by atoms with Gasteiger partial charge in [0.1, 0.15) is 0 Å². The van der Waals surface area contributed by atoms with Gasteiger partial charge in [-0.05, 0) is 55.7 Å². The SMILES string of the molecule is CNC(CNC1CC1)c1ccc2c(c1)CCCS2. The van der Waals surface area contributed by atoms with Crippen LogP contribution in [0.25, 0.3) is 0 Å². The van der Waals surface area contributed by atoms with E-state index in [1.165, 1.54) is 41.9 Å². The molecule has 0 saturated heterocycles. The highest BCUT2D eigenvalue weighted by atomic mass is 32.2. The molecule has 1 atom stereocenters. The molecular weight excluding hydrogens is 240 g/mol. The lowest BCUT2D eigenvalue weighted by Gasteiger charge is -2.21. The molecule has 1 aliphatic carbocycles. The van der Waals surface area contributed by atoms with Crippen molar-refractivity contribution in [2.45, 2.75) is 42.7 Å². The van der Waals surface area contributed by atoms with Crippen molar-refractivity contribution < 1.29 is 0 Å². The van der Waals surface area contributed by atoms with E-state index in [4.69, 9.17) is 0 Å². The second-order valence-electron chi connectivity index (χ2n) is 5.34. The van der Waals surface area contributed by atoms with E-state index in [1.807, 2.05) is 11.8 Å². The van der Waals surface area contributed by atoms with Crippen molar-refractivity contribution in [3.63, 3.8) is 0 Å². The summed E-state index contributed by atoms with van der Waals surface area (Å²) in [5.74, 6) is 1.28. The Morgan fingerprint density at radius 1 is 1.39 bits per heavy atom. The van der Waals surface area contributed by atoms with Gasteiger partial charge < -0.3 is 10.6 Å². The van der Waals surface area contributed by atoms with Crippen molar-refractivity contribution >= 4 is 11.8 Å². The molecule has 0 spiro atoms. The Morgan fingerprint density at radius 2 is 2.28 bits per heavy atom. The second kappa shape index (κ2) is 5.64. The molecule has 98 valence electrons. The van der Waals surface area contributed by atoms with E-state index in [9.17, 15) is 0 Å². The molecule has 0 aromatic heterocycles. The monoisotopic (exact) mass is 262 g/mol. The number of nitrogens with one attached hydrogen (secondary N) is 2. The molecule has 3 heteroatoms. The van der Waals surface area contributed by atoms with Gasteiger partial charge in [0.15, 0.2) is 0 Å². The van der Waals surface area contributed by atoms with Gasteiger partial charge in [0.05, 0.1) is 0 Å². The fourth-order valence-corrected chi connectivity index (χ4v) is 3.57. The fraction of sp³-hybridized carbons (Fsp3) is 0.600. The highest BCUT2D eigenvalue weighted by Gasteiger charge is 2.22. The molecule has 18 heavy (non-hydrogen) atoms. The van der Waals surface area contributed by atoms with Gasteiger partial charge in [0, 0.05) is 23.5 Å². The predicted molar refractivity (Wildman–Crippen MR) is 78.3 cm³/mol. The van der Waals surface area contributed by atoms with Crippen molar-refractivity contribution in [2.75, 3.05) is 19.3 Å². The van der Waals surface area contributed by atoms with E-state index in [0.717, 1.165) is 12.6 Å². The van der Waals surface area contributed by atoms with Crippen LogP contribution in [-0.2, 0) is 6.42 Å². The van der Waals surface area contributed by atoms with Crippen LogP contribution in [0.4, 0.5) is 0 Å². The van der Waals surface area contributed by atoms with Crippen LogP contribution < -0.4 is 10.6 Å². The minimum absolute atomic E-state index is 0.447. The van der Waals surface area contributed by atoms with Gasteiger partial charge in [-0.15, -0.1) is 11.8 Å². The average Bonchev–Trinajstić information content (AvgIpc) is 3.23. The van der Waals surface area contributed by atoms with Gasteiger partial charge >= 0.3 is 0 Å². The Morgan fingerprint density at radius 3 is 3.06 bits per heavy atom. The number of benzene rings is 1. The van der Waals surface area contributed by atoms with Crippen molar-refractivity contribution in [1.82, 2.24) is 10.6 Å². The predicted octanol–water partition coefficient (Wildman–Crippen LogP) is 2.74. The molecule has 1 saturated carbocycles. The highest BCUT2D eigenvalue weighted by molar-refractivity contribution is 7.99. The van der Waals surface area contributed by atoms with Crippen LogP contribution in [0.2, 0.25) is 0 Å². The topological polar surface area (TPSA) is 24.1 Å². The summed E-state index contributed by atoms with van der Waals surface area (Å²) < 4.78 is 0. The van der Waals surface area contributed by atoms with Crippen molar-refractivity contribution in [1.29, 1.82) is 0 Å². The maximum Gasteiger partial charge on any atom is 0.0444 e. The third kappa shape index (κ3) is 2.90. The van der Waals surface area contributed by atoms with Crippen molar-refractivity contribution in [3.8, 4) is 0 Å². The molecule has 2 aliphatic rings. The van der Waals surface area contributed by atoms with Crippen LogP contribution >= 0.6 is 11.8 Å². The minimum Gasteiger partial charge on any atom is -0.312 e. The number of likely N-dealkylation sites (N-methyl/N-ethyl adjacent to an activating group) is 1. The Bertz CT molecular complexity index is 415. The van der Waals surface area contributed by atoms with Gasteiger partial charge in [-0.3, -0.25) is 0 Å². The zero-order chi connectivity index (χ0) is 12.4. The lowest BCUT2D eigenvalue weighted by molar-refractivity contribution is 0.525. The van der Waals surface area contributed by atoms with Crippen LogP contribution in [-0.4, -0.2) is 25.4 Å². The van der Waals surface area contributed by atoms with Gasteiger partial charge in [0.25, 0.3) is 0 Å². The zero-order valence-corrected chi connectivity index (χ0v) is 11.9. The van der Waals surface area contributed by atoms with Crippen LogP contribution in [0.3, 0.4) is 0 Å². The quantitative estimate of drug-likeness (QED) is 0.853. The van der Waals surface area contributed by atoms with Gasteiger partial charge in [-0.1, -0.05) is 12.1 Å². The first-order valence-electron chi connectivity index (χ1n) is 7.03. The first-order valence-corrected chi connectivity index (χ1v) is 8.01. The molecular formula is C15H22N2S. The largest absolute Gasteiger partial charge is 0.312 e. The molecule has 0 bridgehead atoms. The van der Waals surface area contributed by atoms with Crippen LogP contribution in [0.1, 0.15) is 36.4 Å². The van der Waals surface area contributed by atoms with Crippen LogP contribution in [0.15, 0.2) is 23.1 Å². The number of aryl methyl sites for hydroxylation is 1. The van der Waals surface area contributed by atoms with E-state index in [1.54, 1.807) is 5.56 Å². The molecule has 1 unspecified atom stereocenters. The third-order valence-corrected chi connectivity index (χ3v) is 5.07. The standard InChI is InChI=1S/C15H22N2S/c1-16-14(10-17-13-5-6-13)11-4-7-15-12(9-11)3-2-8-18-15/h4,7,9,13-14,16-17H,2-3,5-6,8,10H2,1H3. The smallest absolute Gasteiger partial charge is 0.0444 e. The second-order valence-corrected chi connectivity index (χ2v) is 6.48. The van der Waals surface area contributed by atoms with Gasteiger partial charge in [-0.25, -0.2) is 0 Å². The number of hydrogen-bond donors (Lipinski definition) is 2. The normalized spacial score (nSPS) is 20.5. The van der Waals surface area contributed by atoms with E-state index in [2.05, 4.69) is 35.9 Å². The Hall–Kier alpha value is -0.510. The van der Waals surface area contributed by atoms with E-state index >= 15 is 0 Å². The molecule has 3 rings (SSSR count). The summed E-state index contributed by atoms with van der Waals surface area (Å²) in [4.78, 5) is 1.50. The van der Waals surface area contributed by atoms with Crippen molar-refractivity contribution in [2.24, 2.45) is 0 Å². The summed E-state index contributed by atoms with van der Waals surface area (Å²) in [6, 6.07) is 8.26. The van der Waals surface area contributed by atoms with E-state index < -0.39 is 0 Å². The highest BCUT2D eigenvalue weighted by Crippen LogP contribution is 2.31. The summed E-state index contributed by atoms with van der Waals surface area (Å²) >= 11 is 2.01. The summed E-state index contributed by atoms with van der Waals surface area (Å²) in [5, 5.41) is 7.06. The summed E-state index contributed by atoms with van der Waals surface area (Å²) in [6.07, 6.45) is 5.29. The molecule has 1 aromatic rings. The maximum absolute atomic E-state index is 3.62. The third-order valence-electron chi connectivity index (χ3n) is 3.87. The first kappa shape index (κ1) is 12.5. The average molecular weight is 262 g/mol. The molecule has 1 heterocycles. The van der Waals surface area contributed by atoms with E-state index in [-0.39, 0.29) is 0 Å². The summed E-state index contributed by atoms with van der Waals surface area (Å²) in [7, 11) is 2.06. The van der Waals surface area contributed by atoms with Gasteiger partial charge in [-0.2, -0.15) is 0 Å². The lowest BCUT2D eigenvalue weighted by Crippen LogP contribution is -2.30.